The lowest BCUT2D eigenvalue weighted by molar-refractivity contribution is -0.142. The monoisotopic (exact) mass is 388 g/mol. The first-order valence-electron chi connectivity index (χ1n) is 9.42. The molecule has 150 valence electrons. The maximum absolute atomic E-state index is 12.7. The fraction of sp³-hybridized carbons (Fsp3) is 0.500. The molecule has 2 heterocycles. The maximum atomic E-state index is 12.7. The van der Waals surface area contributed by atoms with E-state index in [9.17, 15) is 19.2 Å². The van der Waals surface area contributed by atoms with Gasteiger partial charge in [-0.2, -0.15) is 0 Å². The van der Waals surface area contributed by atoms with Crippen molar-refractivity contribution in [1.29, 1.82) is 0 Å². The van der Waals surface area contributed by atoms with Crippen molar-refractivity contribution in [2.24, 2.45) is 0 Å². The topological polar surface area (TPSA) is 93.2 Å². The summed E-state index contributed by atoms with van der Waals surface area (Å²) in [6, 6.07) is 6.62. The van der Waals surface area contributed by atoms with Crippen LogP contribution in [0, 0.1) is 0 Å². The van der Waals surface area contributed by atoms with Crippen LogP contribution in [0.3, 0.4) is 0 Å². The van der Waals surface area contributed by atoms with Crippen molar-refractivity contribution in [3.8, 4) is 0 Å². The van der Waals surface area contributed by atoms with Gasteiger partial charge in [-0.3, -0.25) is 24.1 Å². The van der Waals surface area contributed by atoms with Crippen molar-refractivity contribution < 1.29 is 28.7 Å². The molecule has 3 amide bonds. The summed E-state index contributed by atoms with van der Waals surface area (Å²) in [5, 5.41) is 0. The lowest BCUT2D eigenvalue weighted by Crippen LogP contribution is -2.41. The van der Waals surface area contributed by atoms with E-state index >= 15 is 0 Å². The number of hydrogen-bond acceptors (Lipinski definition) is 6. The van der Waals surface area contributed by atoms with Crippen LogP contribution in [0.5, 0.6) is 0 Å². The van der Waals surface area contributed by atoms with E-state index < -0.39 is 5.97 Å². The molecule has 1 unspecified atom stereocenters. The first-order valence-corrected chi connectivity index (χ1v) is 9.42. The number of carbonyl (C=O) groups is 4. The van der Waals surface area contributed by atoms with E-state index in [1.54, 1.807) is 29.2 Å². The number of ether oxygens (including phenoxy) is 2. The Balaban J connectivity index is 1.60. The van der Waals surface area contributed by atoms with Gasteiger partial charge in [0, 0.05) is 32.7 Å². The van der Waals surface area contributed by atoms with Gasteiger partial charge >= 0.3 is 5.97 Å². The predicted octanol–water partition coefficient (Wildman–Crippen LogP) is 1.24. The van der Waals surface area contributed by atoms with Crippen LogP contribution in [-0.4, -0.2) is 72.9 Å². The Bertz CT molecular complexity index is 737. The smallest absolute Gasteiger partial charge is 0.307 e. The van der Waals surface area contributed by atoms with Crippen molar-refractivity contribution in [2.75, 3.05) is 33.4 Å². The fourth-order valence-electron chi connectivity index (χ4n) is 3.49. The number of methoxy groups -OCH3 is 1. The van der Waals surface area contributed by atoms with Gasteiger partial charge in [0.15, 0.2) is 0 Å². The van der Waals surface area contributed by atoms with Crippen LogP contribution >= 0.6 is 0 Å². The summed E-state index contributed by atoms with van der Waals surface area (Å²) >= 11 is 0. The summed E-state index contributed by atoms with van der Waals surface area (Å²) in [4.78, 5) is 51.7. The Labute approximate surface area is 163 Å². The van der Waals surface area contributed by atoms with Crippen molar-refractivity contribution in [2.45, 2.75) is 31.8 Å². The van der Waals surface area contributed by atoms with Gasteiger partial charge in [0.05, 0.1) is 30.8 Å². The van der Waals surface area contributed by atoms with Crippen molar-refractivity contribution in [3.63, 3.8) is 0 Å². The average molecular weight is 388 g/mol. The summed E-state index contributed by atoms with van der Waals surface area (Å²) in [5.41, 5.74) is 0.726. The summed E-state index contributed by atoms with van der Waals surface area (Å²) in [6.45, 7) is 1.27. The predicted molar refractivity (Wildman–Crippen MR) is 98.6 cm³/mol. The van der Waals surface area contributed by atoms with Crippen molar-refractivity contribution in [1.82, 2.24) is 9.80 Å². The van der Waals surface area contributed by atoms with Crippen LogP contribution in [0.4, 0.5) is 0 Å². The van der Waals surface area contributed by atoms with Crippen LogP contribution < -0.4 is 0 Å². The number of benzene rings is 1. The SMILES string of the molecule is COC(=O)CCN(CC1CCCO1)C(=O)CCN1C(=O)c2ccccc2C1=O. The second-order valence-electron chi connectivity index (χ2n) is 6.86. The Kier molecular flexibility index (Phi) is 6.41. The van der Waals surface area contributed by atoms with Gasteiger partial charge < -0.3 is 14.4 Å². The molecule has 0 spiro atoms. The minimum Gasteiger partial charge on any atom is -0.469 e. The lowest BCUT2D eigenvalue weighted by Gasteiger charge is -2.26. The molecule has 3 rings (SSSR count). The van der Waals surface area contributed by atoms with Gasteiger partial charge in [-0.1, -0.05) is 12.1 Å². The number of hydrogen-bond donors (Lipinski definition) is 0. The highest BCUT2D eigenvalue weighted by Gasteiger charge is 2.35. The zero-order valence-corrected chi connectivity index (χ0v) is 15.9. The van der Waals surface area contributed by atoms with E-state index in [-0.39, 0.29) is 49.8 Å². The molecular formula is C20H24N2O6. The number of fused-ring (bicyclic) bond motifs is 1. The van der Waals surface area contributed by atoms with Gasteiger partial charge in [-0.05, 0) is 25.0 Å². The van der Waals surface area contributed by atoms with Crippen LogP contribution in [-0.2, 0) is 19.1 Å². The molecule has 1 aromatic carbocycles. The number of rotatable bonds is 8. The third-order valence-corrected chi connectivity index (χ3v) is 5.04. The van der Waals surface area contributed by atoms with Crippen LogP contribution in [0.2, 0.25) is 0 Å². The molecule has 8 heteroatoms. The van der Waals surface area contributed by atoms with E-state index in [1.165, 1.54) is 7.11 Å². The quantitative estimate of drug-likeness (QED) is 0.491. The van der Waals surface area contributed by atoms with E-state index in [0.717, 1.165) is 17.7 Å². The summed E-state index contributed by atoms with van der Waals surface area (Å²) < 4.78 is 10.2. The maximum Gasteiger partial charge on any atom is 0.307 e. The minimum absolute atomic E-state index is 0.000634. The Morgan fingerprint density at radius 3 is 2.43 bits per heavy atom. The van der Waals surface area contributed by atoms with Crippen molar-refractivity contribution >= 4 is 23.7 Å². The molecule has 28 heavy (non-hydrogen) atoms. The highest BCUT2D eigenvalue weighted by Crippen LogP contribution is 2.22. The van der Waals surface area contributed by atoms with Gasteiger partial charge in [0.2, 0.25) is 5.91 Å². The standard InChI is InChI=1S/C20H24N2O6/c1-27-18(24)9-10-21(13-14-5-4-12-28-14)17(23)8-11-22-19(25)15-6-2-3-7-16(15)20(22)26/h2-3,6-7,14H,4-5,8-13H2,1H3. The first kappa shape index (κ1) is 20.0. The Hall–Kier alpha value is -2.74. The van der Waals surface area contributed by atoms with E-state index in [4.69, 9.17) is 4.74 Å². The van der Waals surface area contributed by atoms with Gasteiger partial charge in [0.1, 0.15) is 0 Å². The zero-order chi connectivity index (χ0) is 20.1. The minimum atomic E-state index is -0.398. The Morgan fingerprint density at radius 2 is 1.86 bits per heavy atom. The molecule has 2 aliphatic rings. The number of esters is 1. The molecule has 1 fully saturated rings. The number of amides is 3. The Morgan fingerprint density at radius 1 is 1.18 bits per heavy atom. The normalized spacial score (nSPS) is 18.3. The molecule has 0 aromatic heterocycles. The highest BCUT2D eigenvalue weighted by molar-refractivity contribution is 6.21. The second kappa shape index (κ2) is 8.97. The average Bonchev–Trinajstić information content (AvgIpc) is 3.30. The fourth-order valence-corrected chi connectivity index (χ4v) is 3.49. The molecule has 8 nitrogen and oxygen atoms in total. The molecule has 0 saturated carbocycles. The van der Waals surface area contributed by atoms with E-state index in [2.05, 4.69) is 4.74 Å². The summed E-state index contributed by atoms with van der Waals surface area (Å²) in [5.74, 6) is -1.39. The first-order chi connectivity index (χ1) is 13.5. The second-order valence-corrected chi connectivity index (χ2v) is 6.86. The van der Waals surface area contributed by atoms with Gasteiger partial charge in [-0.15, -0.1) is 0 Å². The number of imide groups is 1. The van der Waals surface area contributed by atoms with Gasteiger partial charge in [0.25, 0.3) is 11.8 Å². The van der Waals surface area contributed by atoms with Crippen molar-refractivity contribution in [3.05, 3.63) is 35.4 Å². The highest BCUT2D eigenvalue weighted by atomic mass is 16.5. The third kappa shape index (κ3) is 4.39. The van der Waals surface area contributed by atoms with Crippen LogP contribution in [0.1, 0.15) is 46.4 Å². The van der Waals surface area contributed by atoms with E-state index in [1.807, 2.05) is 0 Å². The third-order valence-electron chi connectivity index (χ3n) is 5.04. The summed E-state index contributed by atoms with van der Waals surface area (Å²) in [6.07, 6.45) is 1.83. The molecule has 0 aliphatic carbocycles. The van der Waals surface area contributed by atoms with Gasteiger partial charge in [-0.25, -0.2) is 0 Å². The molecule has 1 saturated heterocycles. The molecule has 0 N–H and O–H groups in total. The van der Waals surface area contributed by atoms with Crippen LogP contribution in [0.25, 0.3) is 0 Å². The number of carbonyl (C=O) groups excluding carboxylic acids is 4. The number of nitrogens with zero attached hydrogens (tertiary/aromatic N) is 2. The molecule has 2 aliphatic heterocycles. The molecular weight excluding hydrogens is 364 g/mol. The lowest BCUT2D eigenvalue weighted by atomic mass is 10.1. The summed E-state index contributed by atoms with van der Waals surface area (Å²) in [7, 11) is 1.30. The van der Waals surface area contributed by atoms with E-state index in [0.29, 0.717) is 24.3 Å². The molecule has 1 aromatic rings. The molecule has 0 radical (unpaired) electrons. The largest absolute Gasteiger partial charge is 0.469 e. The molecule has 1 atom stereocenters. The molecule has 0 bridgehead atoms. The zero-order valence-electron chi connectivity index (χ0n) is 15.9. The van der Waals surface area contributed by atoms with Crippen LogP contribution in [0.15, 0.2) is 24.3 Å².